The molecular formula is C22H23F2N5O2S. The van der Waals surface area contributed by atoms with Gasteiger partial charge in [0.1, 0.15) is 0 Å². The lowest BCUT2D eigenvalue weighted by Crippen LogP contribution is -2.26. The van der Waals surface area contributed by atoms with E-state index in [4.69, 9.17) is 4.42 Å². The Labute approximate surface area is 188 Å². The molecule has 3 heterocycles. The van der Waals surface area contributed by atoms with Gasteiger partial charge in [-0.05, 0) is 67.9 Å². The van der Waals surface area contributed by atoms with E-state index in [1.54, 1.807) is 28.8 Å². The number of thioether (sulfide) groups is 1. The number of anilines is 1. The van der Waals surface area contributed by atoms with Crippen molar-refractivity contribution in [3.8, 4) is 11.5 Å². The number of rotatable bonds is 8. The van der Waals surface area contributed by atoms with Crippen LogP contribution in [0.5, 0.6) is 0 Å². The number of carbonyl (C=O) groups excluding carboxylic acids is 1. The SMILES string of the molecule is CSc1cc(C2CCNCC2)ccc1N(C=O)Cc1ccc(-c2nnc(C(F)F)o2)cn1. The number of amides is 1. The molecule has 3 aromatic rings. The fraction of sp³-hybridized carbons (Fsp3) is 0.364. The van der Waals surface area contributed by atoms with Crippen LogP contribution in [0.25, 0.3) is 11.5 Å². The first-order valence-corrected chi connectivity index (χ1v) is 11.5. The zero-order valence-corrected chi connectivity index (χ0v) is 18.3. The van der Waals surface area contributed by atoms with E-state index >= 15 is 0 Å². The van der Waals surface area contributed by atoms with Crippen LogP contribution in [0.4, 0.5) is 14.5 Å². The Balaban J connectivity index is 1.50. The van der Waals surface area contributed by atoms with Gasteiger partial charge in [-0.25, -0.2) is 0 Å². The Morgan fingerprint density at radius 3 is 2.69 bits per heavy atom. The summed E-state index contributed by atoms with van der Waals surface area (Å²) in [5.74, 6) is -0.219. The van der Waals surface area contributed by atoms with Gasteiger partial charge in [-0.2, -0.15) is 8.78 Å². The van der Waals surface area contributed by atoms with Crippen molar-refractivity contribution in [2.45, 2.75) is 36.6 Å². The largest absolute Gasteiger partial charge is 0.415 e. The second kappa shape index (κ2) is 10.2. The van der Waals surface area contributed by atoms with Crippen molar-refractivity contribution in [3.05, 3.63) is 53.7 Å². The normalized spacial score (nSPS) is 14.6. The molecule has 1 N–H and O–H groups in total. The highest BCUT2D eigenvalue weighted by Gasteiger charge is 2.19. The molecule has 1 amide bonds. The molecule has 2 aromatic heterocycles. The van der Waals surface area contributed by atoms with Crippen molar-refractivity contribution in [3.63, 3.8) is 0 Å². The molecule has 4 rings (SSSR count). The highest BCUT2D eigenvalue weighted by molar-refractivity contribution is 7.98. The van der Waals surface area contributed by atoms with Crippen LogP contribution in [-0.2, 0) is 11.3 Å². The van der Waals surface area contributed by atoms with Gasteiger partial charge in [0.25, 0.3) is 5.89 Å². The minimum absolute atomic E-state index is 0.0234. The highest BCUT2D eigenvalue weighted by atomic mass is 32.2. The predicted molar refractivity (Wildman–Crippen MR) is 118 cm³/mol. The lowest BCUT2D eigenvalue weighted by atomic mass is 9.90. The molecule has 7 nitrogen and oxygen atoms in total. The van der Waals surface area contributed by atoms with Crippen LogP contribution < -0.4 is 10.2 Å². The average Bonchev–Trinajstić information content (AvgIpc) is 3.34. The van der Waals surface area contributed by atoms with Crippen molar-refractivity contribution in [2.75, 3.05) is 24.2 Å². The van der Waals surface area contributed by atoms with Gasteiger partial charge in [0.2, 0.25) is 12.3 Å². The van der Waals surface area contributed by atoms with Crippen molar-refractivity contribution >= 4 is 23.9 Å². The first kappa shape index (κ1) is 22.3. The van der Waals surface area contributed by atoms with Gasteiger partial charge in [0.05, 0.1) is 23.5 Å². The van der Waals surface area contributed by atoms with Crippen LogP contribution in [-0.4, -0.2) is 40.9 Å². The third kappa shape index (κ3) is 4.97. The maximum atomic E-state index is 12.6. The van der Waals surface area contributed by atoms with Crippen molar-refractivity contribution in [2.24, 2.45) is 0 Å². The molecule has 0 bridgehead atoms. The molecule has 1 fully saturated rings. The van der Waals surface area contributed by atoms with Gasteiger partial charge >= 0.3 is 6.43 Å². The van der Waals surface area contributed by atoms with Crippen LogP contribution in [0.2, 0.25) is 0 Å². The molecule has 1 aliphatic rings. The molecule has 0 atom stereocenters. The van der Waals surface area contributed by atoms with Gasteiger partial charge in [-0.15, -0.1) is 22.0 Å². The Morgan fingerprint density at radius 1 is 1.25 bits per heavy atom. The molecule has 1 saturated heterocycles. The van der Waals surface area contributed by atoms with Gasteiger partial charge in [0, 0.05) is 11.1 Å². The molecule has 0 saturated carbocycles. The first-order valence-electron chi connectivity index (χ1n) is 10.3. The van der Waals surface area contributed by atoms with E-state index in [2.05, 4.69) is 32.6 Å². The summed E-state index contributed by atoms with van der Waals surface area (Å²) < 4.78 is 30.2. The molecule has 0 spiro atoms. The molecule has 10 heteroatoms. The molecule has 32 heavy (non-hydrogen) atoms. The van der Waals surface area contributed by atoms with Crippen molar-refractivity contribution in [1.82, 2.24) is 20.5 Å². The number of aromatic nitrogens is 3. The van der Waals surface area contributed by atoms with Crippen LogP contribution in [0.3, 0.4) is 0 Å². The lowest BCUT2D eigenvalue weighted by molar-refractivity contribution is -0.107. The predicted octanol–water partition coefficient (Wildman–Crippen LogP) is 4.42. The lowest BCUT2D eigenvalue weighted by Gasteiger charge is -2.25. The summed E-state index contributed by atoms with van der Waals surface area (Å²) in [6, 6.07) is 9.65. The van der Waals surface area contributed by atoms with Gasteiger partial charge in [0.15, 0.2) is 0 Å². The molecule has 1 aliphatic heterocycles. The second-order valence-electron chi connectivity index (χ2n) is 7.47. The topological polar surface area (TPSA) is 84.2 Å². The smallest absolute Gasteiger partial charge is 0.314 e. The fourth-order valence-corrected chi connectivity index (χ4v) is 4.43. The summed E-state index contributed by atoms with van der Waals surface area (Å²) in [7, 11) is 0. The molecule has 0 radical (unpaired) electrons. The molecule has 1 aromatic carbocycles. The Hall–Kier alpha value is -2.85. The van der Waals surface area contributed by atoms with E-state index < -0.39 is 12.3 Å². The van der Waals surface area contributed by atoms with Crippen LogP contribution in [0, 0.1) is 0 Å². The minimum Gasteiger partial charge on any atom is -0.415 e. The number of halogens is 2. The Bertz CT molecular complexity index is 1050. The minimum atomic E-state index is -2.82. The number of hydrogen-bond donors (Lipinski definition) is 1. The molecular weight excluding hydrogens is 436 g/mol. The van der Waals surface area contributed by atoms with E-state index in [1.165, 1.54) is 11.8 Å². The monoisotopic (exact) mass is 459 g/mol. The maximum absolute atomic E-state index is 12.6. The summed E-state index contributed by atoms with van der Waals surface area (Å²) in [5.41, 5.74) is 3.20. The molecule has 0 unspecified atom stereocenters. The number of alkyl halides is 2. The van der Waals surface area contributed by atoms with E-state index in [-0.39, 0.29) is 12.4 Å². The third-order valence-corrected chi connectivity index (χ3v) is 6.25. The van der Waals surface area contributed by atoms with Crippen LogP contribution in [0.1, 0.15) is 42.3 Å². The van der Waals surface area contributed by atoms with Crippen LogP contribution >= 0.6 is 11.8 Å². The zero-order valence-electron chi connectivity index (χ0n) is 17.5. The number of benzene rings is 1. The van der Waals surface area contributed by atoms with E-state index in [1.807, 2.05) is 12.3 Å². The Morgan fingerprint density at radius 2 is 2.06 bits per heavy atom. The second-order valence-corrected chi connectivity index (χ2v) is 8.32. The number of pyridine rings is 1. The van der Waals surface area contributed by atoms with E-state index in [0.717, 1.165) is 42.9 Å². The number of nitrogens with one attached hydrogen (secondary N) is 1. The summed E-state index contributed by atoms with van der Waals surface area (Å²) in [6.07, 6.45) is 3.66. The zero-order chi connectivity index (χ0) is 22.5. The van der Waals surface area contributed by atoms with E-state index in [0.29, 0.717) is 17.2 Å². The van der Waals surface area contributed by atoms with Gasteiger partial charge < -0.3 is 14.6 Å². The van der Waals surface area contributed by atoms with Crippen molar-refractivity contribution < 1.29 is 18.0 Å². The number of nitrogens with zero attached hydrogens (tertiary/aromatic N) is 4. The number of carbonyl (C=O) groups is 1. The van der Waals surface area contributed by atoms with Gasteiger partial charge in [-0.1, -0.05) is 6.07 Å². The maximum Gasteiger partial charge on any atom is 0.314 e. The highest BCUT2D eigenvalue weighted by Crippen LogP contribution is 2.34. The third-order valence-electron chi connectivity index (χ3n) is 5.48. The molecule has 168 valence electrons. The number of piperidine rings is 1. The quantitative estimate of drug-likeness (QED) is 0.394. The Kier molecular flexibility index (Phi) is 7.11. The standard InChI is InChI=1S/C22H23F2N5O2S/c1-32-19-10-15(14-6-8-25-9-7-14)3-5-18(19)29(13-30)12-17-4-2-16(11-26-17)21-27-28-22(31-21)20(23)24/h2-5,10-11,13-14,20,25H,6-9,12H2,1H3. The molecule has 0 aliphatic carbocycles. The van der Waals surface area contributed by atoms with Crippen LogP contribution in [0.15, 0.2) is 45.8 Å². The average molecular weight is 460 g/mol. The summed E-state index contributed by atoms with van der Waals surface area (Å²) in [6.45, 7) is 2.32. The summed E-state index contributed by atoms with van der Waals surface area (Å²) >= 11 is 1.61. The first-order chi connectivity index (χ1) is 15.6. The fourth-order valence-electron chi connectivity index (χ4n) is 3.78. The summed E-state index contributed by atoms with van der Waals surface area (Å²) in [5, 5.41) is 10.3. The van der Waals surface area contributed by atoms with Gasteiger partial charge in [-0.3, -0.25) is 9.78 Å². The van der Waals surface area contributed by atoms with Crippen molar-refractivity contribution in [1.29, 1.82) is 0 Å². The van der Waals surface area contributed by atoms with E-state index in [9.17, 15) is 13.6 Å². The number of hydrogen-bond acceptors (Lipinski definition) is 7. The summed E-state index contributed by atoms with van der Waals surface area (Å²) in [4.78, 5) is 18.9.